The van der Waals surface area contributed by atoms with Crippen molar-refractivity contribution in [3.8, 4) is 0 Å². The molecule has 26 heavy (non-hydrogen) atoms. The van der Waals surface area contributed by atoms with E-state index in [-0.39, 0.29) is 11.8 Å². The van der Waals surface area contributed by atoms with E-state index in [0.717, 1.165) is 57.9 Å². The van der Waals surface area contributed by atoms with E-state index in [9.17, 15) is 9.59 Å². The van der Waals surface area contributed by atoms with Crippen molar-refractivity contribution in [3.63, 3.8) is 0 Å². The predicted molar refractivity (Wildman–Crippen MR) is 101 cm³/mol. The average Bonchev–Trinajstić information content (AvgIpc) is 2.64. The number of nitrogens with zero attached hydrogens (tertiary/aromatic N) is 1. The van der Waals surface area contributed by atoms with E-state index in [0.29, 0.717) is 5.56 Å². The molecule has 1 saturated heterocycles. The third-order valence-electron chi connectivity index (χ3n) is 4.53. The van der Waals surface area contributed by atoms with Crippen molar-refractivity contribution in [1.82, 2.24) is 20.9 Å². The Morgan fingerprint density at radius 1 is 0.923 bits per heavy atom. The van der Waals surface area contributed by atoms with Crippen LogP contribution in [0.25, 0.3) is 0 Å². The van der Waals surface area contributed by atoms with Gasteiger partial charge in [-0.1, -0.05) is 24.3 Å². The Kier molecular flexibility index (Phi) is 8.70. The van der Waals surface area contributed by atoms with Gasteiger partial charge >= 0.3 is 5.97 Å². The minimum atomic E-state index is -0.481. The predicted octanol–water partition coefficient (Wildman–Crippen LogP) is 0.188. The number of nitrogens with one attached hydrogen (secondary N) is 3. The van der Waals surface area contributed by atoms with E-state index in [1.807, 2.05) is 12.1 Å². The molecule has 144 valence electrons. The maximum Gasteiger partial charge on any atom is 0.327 e. The van der Waals surface area contributed by atoms with Crippen LogP contribution in [-0.2, 0) is 9.53 Å². The highest BCUT2D eigenvalue weighted by Crippen LogP contribution is 2.22. The van der Waals surface area contributed by atoms with E-state index in [1.165, 1.54) is 14.0 Å². The van der Waals surface area contributed by atoms with Crippen molar-refractivity contribution in [2.75, 3.05) is 59.5 Å². The number of rotatable bonds is 4. The second kappa shape index (κ2) is 11.0. The van der Waals surface area contributed by atoms with Crippen LogP contribution in [0.3, 0.4) is 0 Å². The van der Waals surface area contributed by atoms with Crippen LogP contribution in [0.4, 0.5) is 0 Å². The monoisotopic (exact) mass is 362 g/mol. The Bertz CT molecular complexity index is 565. The maximum atomic E-state index is 12.5. The second-order valence-electron chi connectivity index (χ2n) is 6.39. The van der Waals surface area contributed by atoms with E-state index in [4.69, 9.17) is 4.74 Å². The van der Waals surface area contributed by atoms with Gasteiger partial charge in [0.05, 0.1) is 7.11 Å². The molecule has 7 heteroatoms. The third kappa shape index (κ3) is 6.17. The number of benzene rings is 1. The number of ketones is 1. The molecule has 1 atom stereocenters. The van der Waals surface area contributed by atoms with Gasteiger partial charge in [-0.2, -0.15) is 0 Å². The van der Waals surface area contributed by atoms with Crippen LogP contribution >= 0.6 is 0 Å². The van der Waals surface area contributed by atoms with E-state index in [2.05, 4.69) is 20.9 Å². The van der Waals surface area contributed by atoms with Crippen LogP contribution < -0.4 is 16.0 Å². The molecule has 1 unspecified atom stereocenters. The molecule has 0 radical (unpaired) electrons. The summed E-state index contributed by atoms with van der Waals surface area (Å²) in [5, 5.41) is 10.2. The first-order chi connectivity index (χ1) is 12.6. The smallest absolute Gasteiger partial charge is 0.327 e. The topological polar surface area (TPSA) is 82.7 Å². The first-order valence-electron chi connectivity index (χ1n) is 9.18. The van der Waals surface area contributed by atoms with Crippen LogP contribution in [0.2, 0.25) is 0 Å². The molecule has 1 aliphatic rings. The highest BCUT2D eigenvalue weighted by molar-refractivity contribution is 5.94. The molecule has 1 aromatic rings. The van der Waals surface area contributed by atoms with E-state index >= 15 is 0 Å². The summed E-state index contributed by atoms with van der Waals surface area (Å²) in [4.78, 5) is 26.2. The molecule has 2 rings (SSSR count). The van der Waals surface area contributed by atoms with Gasteiger partial charge in [0.1, 0.15) is 6.04 Å². The van der Waals surface area contributed by atoms with Gasteiger partial charge < -0.3 is 20.7 Å². The average molecular weight is 362 g/mol. The Labute approximate surface area is 155 Å². The van der Waals surface area contributed by atoms with Gasteiger partial charge in [0.2, 0.25) is 0 Å². The van der Waals surface area contributed by atoms with Crippen molar-refractivity contribution in [3.05, 3.63) is 35.4 Å². The minimum Gasteiger partial charge on any atom is -0.468 e. The van der Waals surface area contributed by atoms with E-state index < -0.39 is 6.04 Å². The van der Waals surface area contributed by atoms with Crippen LogP contribution in [0.5, 0.6) is 0 Å². The van der Waals surface area contributed by atoms with Gasteiger partial charge in [0, 0.05) is 57.9 Å². The molecule has 3 N–H and O–H groups in total. The summed E-state index contributed by atoms with van der Waals surface area (Å²) >= 11 is 0. The highest BCUT2D eigenvalue weighted by Gasteiger charge is 2.28. The summed E-state index contributed by atoms with van der Waals surface area (Å²) in [5.74, 6) is -0.270. The molecular weight excluding hydrogens is 332 g/mol. The largest absolute Gasteiger partial charge is 0.468 e. The van der Waals surface area contributed by atoms with Gasteiger partial charge in [0.15, 0.2) is 5.78 Å². The van der Waals surface area contributed by atoms with Crippen LogP contribution in [0.15, 0.2) is 24.3 Å². The third-order valence-corrected chi connectivity index (χ3v) is 4.53. The first-order valence-corrected chi connectivity index (χ1v) is 9.18. The van der Waals surface area contributed by atoms with Crippen molar-refractivity contribution in [2.24, 2.45) is 0 Å². The summed E-state index contributed by atoms with van der Waals surface area (Å²) < 4.78 is 5.07. The summed E-state index contributed by atoms with van der Waals surface area (Å²) in [7, 11) is 1.41. The number of ether oxygens (including phenoxy) is 1. The summed E-state index contributed by atoms with van der Waals surface area (Å²) in [5.41, 5.74) is 1.48. The molecule has 0 amide bonds. The Morgan fingerprint density at radius 3 is 1.88 bits per heavy atom. The molecular formula is C19H30N4O3. The fourth-order valence-corrected chi connectivity index (χ4v) is 3.05. The lowest BCUT2D eigenvalue weighted by Gasteiger charge is -2.30. The van der Waals surface area contributed by atoms with Crippen LogP contribution in [0, 0.1) is 0 Å². The Hall–Kier alpha value is -1.80. The molecule has 1 aliphatic heterocycles. The lowest BCUT2D eigenvalue weighted by molar-refractivity contribution is -0.147. The summed E-state index contributed by atoms with van der Waals surface area (Å²) in [6, 6.07) is 6.75. The van der Waals surface area contributed by atoms with Crippen molar-refractivity contribution < 1.29 is 14.3 Å². The molecule has 7 nitrogen and oxygen atoms in total. The zero-order chi connectivity index (χ0) is 18.8. The number of carbonyl (C=O) groups is 2. The van der Waals surface area contributed by atoms with Gasteiger partial charge in [-0.25, -0.2) is 4.79 Å². The SMILES string of the molecule is COC(=O)C(c1ccc(C(C)=O)cc1)N1CCNCCNCCNCC1. The Balaban J connectivity index is 2.17. The number of Topliss-reactive ketones (excluding diaryl/α,β-unsaturated/α-hetero) is 1. The quantitative estimate of drug-likeness (QED) is 0.521. The molecule has 1 fully saturated rings. The number of hydrogen-bond acceptors (Lipinski definition) is 7. The minimum absolute atomic E-state index is 0.0134. The first kappa shape index (κ1) is 20.5. The maximum absolute atomic E-state index is 12.5. The van der Waals surface area contributed by atoms with Crippen molar-refractivity contribution in [1.29, 1.82) is 0 Å². The molecule has 0 aliphatic carbocycles. The van der Waals surface area contributed by atoms with E-state index in [1.54, 1.807) is 12.1 Å². The normalized spacial score (nSPS) is 19.0. The fourth-order valence-electron chi connectivity index (χ4n) is 3.05. The lowest BCUT2D eigenvalue weighted by atomic mass is 10.0. The highest BCUT2D eigenvalue weighted by atomic mass is 16.5. The summed E-state index contributed by atoms with van der Waals surface area (Å²) in [6.45, 7) is 8.22. The zero-order valence-electron chi connectivity index (χ0n) is 15.7. The number of hydrogen-bond donors (Lipinski definition) is 3. The van der Waals surface area contributed by atoms with Gasteiger partial charge in [-0.05, 0) is 12.5 Å². The fraction of sp³-hybridized carbons (Fsp3) is 0.579. The standard InChI is InChI=1S/C19H30N4O3/c1-15(24)16-3-5-17(6-4-16)18(19(25)26-2)23-13-11-21-9-7-20-8-10-22-12-14-23/h3-6,18,20-22H,7-14H2,1-2H3. The number of methoxy groups -OCH3 is 1. The van der Waals surface area contributed by atoms with Crippen LogP contribution in [-0.4, -0.2) is 76.1 Å². The van der Waals surface area contributed by atoms with Gasteiger partial charge in [-0.3, -0.25) is 9.69 Å². The number of esters is 1. The Morgan fingerprint density at radius 2 is 1.42 bits per heavy atom. The lowest BCUT2D eigenvalue weighted by Crippen LogP contribution is -2.45. The molecule has 0 spiro atoms. The zero-order valence-corrected chi connectivity index (χ0v) is 15.7. The van der Waals surface area contributed by atoms with Gasteiger partial charge in [-0.15, -0.1) is 0 Å². The molecule has 1 aromatic carbocycles. The van der Waals surface area contributed by atoms with Gasteiger partial charge in [0.25, 0.3) is 0 Å². The van der Waals surface area contributed by atoms with Crippen molar-refractivity contribution in [2.45, 2.75) is 13.0 Å². The van der Waals surface area contributed by atoms with Crippen LogP contribution in [0.1, 0.15) is 28.9 Å². The summed E-state index contributed by atoms with van der Waals surface area (Å²) in [6.07, 6.45) is 0. The molecule has 1 heterocycles. The molecule has 0 aromatic heterocycles. The molecule has 0 saturated carbocycles. The number of carbonyl (C=O) groups excluding carboxylic acids is 2. The van der Waals surface area contributed by atoms with Crippen molar-refractivity contribution >= 4 is 11.8 Å². The molecule has 0 bridgehead atoms. The second-order valence-corrected chi connectivity index (χ2v) is 6.39.